The second-order valence-corrected chi connectivity index (χ2v) is 6.71. The summed E-state index contributed by atoms with van der Waals surface area (Å²) in [6, 6.07) is 19.6. The molecule has 0 radical (unpaired) electrons. The average Bonchev–Trinajstić information content (AvgIpc) is 2.68. The minimum Gasteiger partial charge on any atom is -0.473 e. The number of hydrogen-bond donors (Lipinski definition) is 2. The summed E-state index contributed by atoms with van der Waals surface area (Å²) >= 11 is 3.45. The highest BCUT2D eigenvalue weighted by molar-refractivity contribution is 9.10. The summed E-state index contributed by atoms with van der Waals surface area (Å²) in [6.45, 7) is 2.38. The van der Waals surface area contributed by atoms with E-state index in [1.807, 2.05) is 67.6 Å². The molecule has 0 saturated heterocycles. The number of halogens is 1. The summed E-state index contributed by atoms with van der Waals surface area (Å²) in [7, 11) is 1.73. The molecule has 0 fully saturated rings. The zero-order chi connectivity index (χ0) is 19.1. The fraction of sp³-hybridized carbons (Fsp3) is 0.150. The zero-order valence-corrected chi connectivity index (χ0v) is 16.7. The Kier molecular flexibility index (Phi) is 6.51. The van der Waals surface area contributed by atoms with Crippen LogP contribution in [0.1, 0.15) is 11.1 Å². The van der Waals surface area contributed by atoms with Crippen molar-refractivity contribution in [3.63, 3.8) is 0 Å². The molecule has 0 bridgehead atoms. The second kappa shape index (κ2) is 9.25. The van der Waals surface area contributed by atoms with E-state index < -0.39 is 0 Å². The molecule has 2 aromatic carbocycles. The van der Waals surface area contributed by atoms with E-state index in [0.29, 0.717) is 12.5 Å². The van der Waals surface area contributed by atoms with Crippen LogP contribution in [0.15, 0.2) is 75.5 Å². The molecule has 0 spiro atoms. The van der Waals surface area contributed by atoms with Crippen LogP contribution >= 0.6 is 15.9 Å². The Morgan fingerprint density at radius 3 is 2.59 bits per heavy atom. The molecule has 0 aliphatic carbocycles. The van der Waals surface area contributed by atoms with Crippen molar-refractivity contribution in [3.8, 4) is 17.1 Å². The number of benzene rings is 2. The fourth-order valence-corrected chi connectivity index (χ4v) is 2.78. The monoisotopic (exact) mass is 425 g/mol. The Morgan fingerprint density at radius 1 is 1.04 bits per heavy atom. The lowest BCUT2D eigenvalue weighted by molar-refractivity contribution is 0.294. The van der Waals surface area contributed by atoms with Gasteiger partial charge in [-0.25, -0.2) is 15.9 Å². The first kappa shape index (κ1) is 19.0. The van der Waals surface area contributed by atoms with Gasteiger partial charge in [0.05, 0.1) is 11.4 Å². The van der Waals surface area contributed by atoms with Crippen LogP contribution in [0.4, 0.5) is 5.69 Å². The molecule has 1 aromatic heterocycles. The van der Waals surface area contributed by atoms with Crippen LogP contribution in [0.3, 0.4) is 0 Å². The number of hydrazine groups is 1. The Morgan fingerprint density at radius 2 is 1.81 bits per heavy atom. The van der Waals surface area contributed by atoms with Gasteiger partial charge in [-0.1, -0.05) is 51.5 Å². The van der Waals surface area contributed by atoms with Crippen molar-refractivity contribution in [2.24, 2.45) is 10.3 Å². The fourth-order valence-electron chi connectivity index (χ4n) is 2.52. The third-order valence-electron chi connectivity index (χ3n) is 3.93. The first-order valence-corrected chi connectivity index (χ1v) is 9.23. The minimum absolute atomic E-state index is 0.359. The molecule has 2 N–H and O–H groups in total. The second-order valence-electron chi connectivity index (χ2n) is 5.79. The quantitative estimate of drug-likeness (QED) is 0.406. The molecule has 3 rings (SSSR count). The maximum Gasteiger partial charge on any atom is 0.214 e. The largest absolute Gasteiger partial charge is 0.473 e. The highest BCUT2D eigenvalue weighted by atomic mass is 79.9. The van der Waals surface area contributed by atoms with Crippen LogP contribution in [-0.2, 0) is 6.61 Å². The van der Waals surface area contributed by atoms with Gasteiger partial charge in [-0.05, 0) is 36.8 Å². The summed E-state index contributed by atoms with van der Waals surface area (Å²) in [4.78, 5) is 4.61. The molecule has 0 amide bonds. The van der Waals surface area contributed by atoms with E-state index in [4.69, 9.17) is 4.74 Å². The summed E-state index contributed by atoms with van der Waals surface area (Å²) in [5.74, 6) is 0.565. The number of aryl methyl sites for hydroxylation is 1. The summed E-state index contributed by atoms with van der Waals surface area (Å²) in [5.41, 5.74) is 10.00. The van der Waals surface area contributed by atoms with Crippen LogP contribution < -0.4 is 15.7 Å². The lowest BCUT2D eigenvalue weighted by Crippen LogP contribution is -2.20. The van der Waals surface area contributed by atoms with Crippen molar-refractivity contribution < 1.29 is 4.74 Å². The molecule has 0 saturated carbocycles. The standard InChI is InChI=1S/C20H20BrN5O/c1-14-5-3-7-19(24-26-25-22-2)17(14)13-27-20-8-4-6-18(23-20)15-9-11-16(21)12-10-15/h3-12H,13H2,1-2H3,(H,22,26)(H,24,25). The topological polar surface area (TPSA) is 70.9 Å². The van der Waals surface area contributed by atoms with Crippen molar-refractivity contribution in [2.45, 2.75) is 13.5 Å². The number of rotatable bonds is 7. The van der Waals surface area contributed by atoms with Gasteiger partial charge in [-0.2, -0.15) is 0 Å². The van der Waals surface area contributed by atoms with E-state index in [-0.39, 0.29) is 0 Å². The average molecular weight is 426 g/mol. The van der Waals surface area contributed by atoms with E-state index in [2.05, 4.69) is 42.2 Å². The van der Waals surface area contributed by atoms with Crippen molar-refractivity contribution in [2.75, 3.05) is 7.05 Å². The lowest BCUT2D eigenvalue weighted by atomic mass is 10.1. The molecule has 6 nitrogen and oxygen atoms in total. The van der Waals surface area contributed by atoms with Crippen LogP contribution in [0.2, 0.25) is 0 Å². The van der Waals surface area contributed by atoms with Crippen molar-refractivity contribution >= 4 is 21.6 Å². The maximum absolute atomic E-state index is 5.95. The molecule has 1 heterocycles. The van der Waals surface area contributed by atoms with Gasteiger partial charge in [-0.3, -0.25) is 0 Å². The summed E-state index contributed by atoms with van der Waals surface area (Å²) in [6.07, 6.45) is 0. The molecular weight excluding hydrogens is 406 g/mol. The van der Waals surface area contributed by atoms with E-state index in [9.17, 15) is 0 Å². The number of ether oxygens (including phenoxy) is 1. The van der Waals surface area contributed by atoms with E-state index in [1.165, 1.54) is 0 Å². The van der Waals surface area contributed by atoms with Gasteiger partial charge in [0, 0.05) is 28.7 Å². The predicted molar refractivity (Wildman–Crippen MR) is 110 cm³/mol. The highest BCUT2D eigenvalue weighted by Crippen LogP contribution is 2.26. The number of nitrogens with zero attached hydrogens (tertiary/aromatic N) is 3. The first-order chi connectivity index (χ1) is 13.2. The van der Waals surface area contributed by atoms with Gasteiger partial charge in [0.25, 0.3) is 0 Å². The normalized spacial score (nSPS) is 10.9. The van der Waals surface area contributed by atoms with Crippen LogP contribution in [0.25, 0.3) is 11.3 Å². The molecule has 3 aromatic rings. The Labute approximate surface area is 166 Å². The van der Waals surface area contributed by atoms with Crippen LogP contribution in [-0.4, -0.2) is 12.0 Å². The summed E-state index contributed by atoms with van der Waals surface area (Å²) < 4.78 is 6.98. The van der Waals surface area contributed by atoms with E-state index in [1.54, 1.807) is 7.05 Å². The van der Waals surface area contributed by atoms with Gasteiger partial charge >= 0.3 is 0 Å². The molecule has 27 heavy (non-hydrogen) atoms. The van der Waals surface area contributed by atoms with Crippen LogP contribution in [0.5, 0.6) is 5.88 Å². The van der Waals surface area contributed by atoms with Crippen molar-refractivity contribution in [1.82, 2.24) is 15.9 Å². The zero-order valence-electron chi connectivity index (χ0n) is 15.1. The van der Waals surface area contributed by atoms with Gasteiger partial charge in [0.1, 0.15) is 6.61 Å². The molecular formula is C20H20BrN5O. The Balaban J connectivity index is 1.77. The molecule has 7 heteroatoms. The van der Waals surface area contributed by atoms with Crippen molar-refractivity contribution in [3.05, 3.63) is 76.3 Å². The van der Waals surface area contributed by atoms with Crippen LogP contribution in [0, 0.1) is 6.92 Å². The van der Waals surface area contributed by atoms with E-state index in [0.717, 1.165) is 32.5 Å². The van der Waals surface area contributed by atoms with Gasteiger partial charge in [0.15, 0.2) is 0 Å². The highest BCUT2D eigenvalue weighted by Gasteiger charge is 2.08. The first-order valence-electron chi connectivity index (χ1n) is 8.44. The molecule has 0 atom stereocenters. The SMILES string of the molecule is CNNN=Nc1cccc(C)c1COc1cccc(-c2ccc(Br)cc2)n1. The number of aromatic nitrogens is 1. The minimum atomic E-state index is 0.359. The number of pyridine rings is 1. The lowest BCUT2D eigenvalue weighted by Gasteiger charge is -2.11. The maximum atomic E-state index is 5.95. The molecule has 0 unspecified atom stereocenters. The smallest absolute Gasteiger partial charge is 0.214 e. The Bertz CT molecular complexity index is 928. The number of hydrogen-bond acceptors (Lipinski definition) is 5. The molecule has 0 aliphatic rings. The third-order valence-corrected chi connectivity index (χ3v) is 4.46. The number of nitrogens with one attached hydrogen (secondary N) is 2. The van der Waals surface area contributed by atoms with Gasteiger partial charge in [0.2, 0.25) is 5.88 Å². The molecule has 0 aliphatic heterocycles. The molecule has 138 valence electrons. The van der Waals surface area contributed by atoms with E-state index >= 15 is 0 Å². The van der Waals surface area contributed by atoms with Gasteiger partial charge < -0.3 is 4.74 Å². The summed E-state index contributed by atoms with van der Waals surface area (Å²) in [5, 5.41) is 8.06. The third kappa shape index (κ3) is 5.12. The predicted octanol–water partition coefficient (Wildman–Crippen LogP) is 5.12. The van der Waals surface area contributed by atoms with Crippen molar-refractivity contribution in [1.29, 1.82) is 0 Å². The van der Waals surface area contributed by atoms with Gasteiger partial charge in [-0.15, -0.1) is 5.11 Å². The Hall–Kier alpha value is -2.77.